The molecule has 3 aromatic rings. The van der Waals surface area contributed by atoms with Crippen LogP contribution in [0.15, 0.2) is 54.4 Å². The van der Waals surface area contributed by atoms with Crippen molar-refractivity contribution in [2.45, 2.75) is 39.7 Å². The fraction of sp³-hybridized carbons (Fsp3) is 0.269. The summed E-state index contributed by atoms with van der Waals surface area (Å²) in [6, 6.07) is 11.5. The van der Waals surface area contributed by atoms with Crippen molar-refractivity contribution in [3.05, 3.63) is 71.1 Å². The third-order valence-electron chi connectivity index (χ3n) is 5.46. The number of nitriles is 1. The van der Waals surface area contributed by atoms with E-state index in [1.54, 1.807) is 20.2 Å². The molecule has 2 aromatic heterocycles. The molecule has 34 heavy (non-hydrogen) atoms. The number of ketones is 1. The maximum absolute atomic E-state index is 12.8. The number of rotatable bonds is 9. The molecule has 0 aliphatic carbocycles. The van der Waals surface area contributed by atoms with E-state index in [9.17, 15) is 10.1 Å². The summed E-state index contributed by atoms with van der Waals surface area (Å²) < 4.78 is 5.26. The fourth-order valence-electron chi connectivity index (χ4n) is 3.86. The fourth-order valence-corrected chi connectivity index (χ4v) is 3.86. The number of nitrogen functional groups attached to an aromatic ring is 1. The molecule has 0 saturated carbocycles. The van der Waals surface area contributed by atoms with Crippen molar-refractivity contribution in [2.75, 3.05) is 18.2 Å². The zero-order chi connectivity index (χ0) is 24.7. The maximum Gasteiger partial charge on any atom is 0.222 e. The average Bonchev–Trinajstić information content (AvgIpc) is 2.83. The molecule has 0 aliphatic rings. The third-order valence-corrected chi connectivity index (χ3v) is 5.46. The molecule has 1 aromatic carbocycles. The largest absolute Gasteiger partial charge is 0.481 e. The van der Waals surface area contributed by atoms with Gasteiger partial charge in [0, 0.05) is 23.9 Å². The molecule has 8 heteroatoms. The first-order valence-electron chi connectivity index (χ1n) is 11.0. The molecule has 0 spiro atoms. The highest BCUT2D eigenvalue weighted by atomic mass is 16.5. The minimum atomic E-state index is -0.161. The molecule has 0 amide bonds. The maximum atomic E-state index is 12.8. The van der Waals surface area contributed by atoms with Crippen LogP contribution in [-0.4, -0.2) is 33.9 Å². The summed E-state index contributed by atoms with van der Waals surface area (Å²) in [4.78, 5) is 25.0. The van der Waals surface area contributed by atoms with Crippen LogP contribution in [0, 0.1) is 11.3 Å². The summed E-state index contributed by atoms with van der Waals surface area (Å²) >= 11 is 0. The van der Waals surface area contributed by atoms with Crippen molar-refractivity contribution >= 4 is 17.5 Å². The summed E-state index contributed by atoms with van der Waals surface area (Å²) in [5.74, 6) is 0.940. The van der Waals surface area contributed by atoms with Crippen LogP contribution >= 0.6 is 0 Å². The molecule has 0 bridgehead atoms. The van der Waals surface area contributed by atoms with Gasteiger partial charge in [0.2, 0.25) is 11.8 Å². The number of nitrogens with zero attached hydrogens (tertiary/aromatic N) is 4. The van der Waals surface area contributed by atoms with E-state index in [1.807, 2.05) is 37.3 Å². The van der Waals surface area contributed by atoms with E-state index < -0.39 is 0 Å². The van der Waals surface area contributed by atoms with Crippen LogP contribution < -0.4 is 15.8 Å². The number of aromatic nitrogens is 3. The minimum Gasteiger partial charge on any atom is -0.481 e. The summed E-state index contributed by atoms with van der Waals surface area (Å²) in [6.45, 7) is 5.63. The number of nitrogens with one attached hydrogen (secondary N) is 1. The molecule has 2 heterocycles. The normalized spacial score (nSPS) is 12.0. The Hall–Kier alpha value is -4.25. The number of nitrogens with two attached hydrogens (primary N) is 1. The SMILES string of the molecule is CCC=C(Cc1cccc(-c2ccnc(OC)c2)c1C(C)=O)C(C)Nc1nc(N)ncc1C#N. The molecule has 0 saturated heterocycles. The van der Waals surface area contributed by atoms with E-state index in [-0.39, 0.29) is 17.8 Å². The Morgan fingerprint density at radius 3 is 2.79 bits per heavy atom. The van der Waals surface area contributed by atoms with Gasteiger partial charge >= 0.3 is 0 Å². The van der Waals surface area contributed by atoms with Gasteiger partial charge in [-0.3, -0.25) is 4.79 Å². The van der Waals surface area contributed by atoms with Crippen molar-refractivity contribution in [3.63, 3.8) is 0 Å². The van der Waals surface area contributed by atoms with Gasteiger partial charge in [-0.2, -0.15) is 10.2 Å². The first-order valence-corrected chi connectivity index (χ1v) is 11.0. The van der Waals surface area contributed by atoms with Gasteiger partial charge in [0.1, 0.15) is 17.5 Å². The lowest BCUT2D eigenvalue weighted by atomic mass is 9.88. The van der Waals surface area contributed by atoms with Crippen LogP contribution in [0.25, 0.3) is 11.1 Å². The highest BCUT2D eigenvalue weighted by molar-refractivity contribution is 6.02. The molecule has 3 rings (SSSR count). The van der Waals surface area contributed by atoms with Crippen LogP contribution in [0.1, 0.15) is 48.7 Å². The molecule has 1 unspecified atom stereocenters. The van der Waals surface area contributed by atoms with Crippen molar-refractivity contribution in [1.82, 2.24) is 15.0 Å². The van der Waals surface area contributed by atoms with E-state index >= 15 is 0 Å². The quantitative estimate of drug-likeness (QED) is 0.354. The lowest BCUT2D eigenvalue weighted by Gasteiger charge is -2.21. The number of benzene rings is 1. The number of methoxy groups -OCH3 is 1. The Bertz CT molecular complexity index is 1260. The molecule has 174 valence electrons. The van der Waals surface area contributed by atoms with Crippen LogP contribution in [0.4, 0.5) is 11.8 Å². The number of carbonyl (C=O) groups is 1. The van der Waals surface area contributed by atoms with Gasteiger partial charge in [-0.15, -0.1) is 0 Å². The van der Waals surface area contributed by atoms with Gasteiger partial charge in [-0.05, 0) is 55.0 Å². The lowest BCUT2D eigenvalue weighted by Crippen LogP contribution is -2.22. The number of allylic oxidation sites excluding steroid dienone is 1. The summed E-state index contributed by atoms with van der Waals surface area (Å²) in [6.07, 6.45) is 6.56. The van der Waals surface area contributed by atoms with Crippen LogP contribution in [0.3, 0.4) is 0 Å². The van der Waals surface area contributed by atoms with Crippen molar-refractivity contribution in [2.24, 2.45) is 0 Å². The van der Waals surface area contributed by atoms with Gasteiger partial charge in [0.25, 0.3) is 0 Å². The monoisotopic (exact) mass is 456 g/mol. The van der Waals surface area contributed by atoms with Crippen LogP contribution in [0.2, 0.25) is 0 Å². The van der Waals surface area contributed by atoms with Crippen molar-refractivity contribution < 1.29 is 9.53 Å². The van der Waals surface area contributed by atoms with E-state index in [4.69, 9.17) is 10.5 Å². The Morgan fingerprint density at radius 1 is 1.32 bits per heavy atom. The number of pyridine rings is 1. The molecular formula is C26H28N6O2. The van der Waals surface area contributed by atoms with Gasteiger partial charge in [0.15, 0.2) is 5.78 Å². The average molecular weight is 457 g/mol. The lowest BCUT2D eigenvalue weighted by molar-refractivity contribution is 0.101. The van der Waals surface area contributed by atoms with Crippen molar-refractivity contribution in [1.29, 1.82) is 5.26 Å². The number of ether oxygens (including phenoxy) is 1. The predicted octanol–water partition coefficient (Wildman–Crippen LogP) is 4.58. The second-order valence-electron chi connectivity index (χ2n) is 7.82. The first-order chi connectivity index (χ1) is 16.4. The zero-order valence-electron chi connectivity index (χ0n) is 19.8. The van der Waals surface area contributed by atoms with Gasteiger partial charge in [-0.25, -0.2) is 9.97 Å². The standard InChI is InChI=1S/C26H28N6O2/c1-5-7-18(16(2)31-25-21(14-27)15-30-26(28)32-25)12-20-8-6-9-22(24(20)17(3)33)19-10-11-29-23(13-19)34-4/h6-11,13,15-16H,5,12H2,1-4H3,(H3,28,30,31,32). The van der Waals surface area contributed by atoms with E-state index in [0.717, 1.165) is 28.7 Å². The van der Waals surface area contributed by atoms with E-state index in [1.165, 1.54) is 6.20 Å². The Balaban J connectivity index is 1.99. The predicted molar refractivity (Wildman–Crippen MR) is 133 cm³/mol. The minimum absolute atomic E-state index is 0.0202. The number of Topliss-reactive ketones (excluding diaryl/α,β-unsaturated/α-hetero) is 1. The smallest absolute Gasteiger partial charge is 0.222 e. The Labute approximate surface area is 199 Å². The summed E-state index contributed by atoms with van der Waals surface area (Å²) in [5, 5.41) is 12.7. The Morgan fingerprint density at radius 2 is 2.12 bits per heavy atom. The number of hydrogen-bond donors (Lipinski definition) is 2. The second-order valence-corrected chi connectivity index (χ2v) is 7.82. The number of anilines is 2. The number of carbonyl (C=O) groups excluding carboxylic acids is 1. The molecule has 0 aliphatic heterocycles. The molecule has 3 N–H and O–H groups in total. The second kappa shape index (κ2) is 11.1. The topological polar surface area (TPSA) is 127 Å². The molecule has 1 atom stereocenters. The number of hydrogen-bond acceptors (Lipinski definition) is 8. The van der Waals surface area contributed by atoms with Crippen LogP contribution in [-0.2, 0) is 6.42 Å². The third kappa shape index (κ3) is 5.56. The highest BCUT2D eigenvalue weighted by Crippen LogP contribution is 2.30. The van der Waals surface area contributed by atoms with Crippen molar-refractivity contribution in [3.8, 4) is 23.1 Å². The molecule has 8 nitrogen and oxygen atoms in total. The summed E-state index contributed by atoms with van der Waals surface area (Å²) in [7, 11) is 1.56. The van der Waals surface area contributed by atoms with Crippen LogP contribution in [0.5, 0.6) is 5.88 Å². The molecule has 0 radical (unpaired) electrons. The Kier molecular flexibility index (Phi) is 7.93. The summed E-state index contributed by atoms with van der Waals surface area (Å²) in [5.41, 5.74) is 10.4. The van der Waals surface area contributed by atoms with E-state index in [2.05, 4.69) is 39.3 Å². The molecular weight excluding hydrogens is 428 g/mol. The van der Waals surface area contributed by atoms with Gasteiger partial charge in [-0.1, -0.05) is 31.2 Å². The van der Waals surface area contributed by atoms with Gasteiger partial charge < -0.3 is 15.8 Å². The van der Waals surface area contributed by atoms with Gasteiger partial charge in [0.05, 0.1) is 13.3 Å². The highest BCUT2D eigenvalue weighted by Gasteiger charge is 2.19. The first kappa shape index (κ1) is 24.4. The van der Waals surface area contributed by atoms with E-state index in [0.29, 0.717) is 29.2 Å². The molecule has 0 fully saturated rings. The zero-order valence-corrected chi connectivity index (χ0v) is 19.8.